The van der Waals surface area contributed by atoms with Crippen LogP contribution in [0.4, 0.5) is 0 Å². The molecule has 25 heavy (non-hydrogen) atoms. The highest BCUT2D eigenvalue weighted by atomic mass is 35.5. The molecule has 1 aliphatic rings. The molecule has 1 atom stereocenters. The second-order valence-corrected chi connectivity index (χ2v) is 8.43. The van der Waals surface area contributed by atoms with Crippen LogP contribution in [0.2, 0.25) is 0 Å². The predicted octanol–water partition coefficient (Wildman–Crippen LogP) is 1.21. The van der Waals surface area contributed by atoms with E-state index in [1.165, 1.54) is 16.6 Å². The van der Waals surface area contributed by atoms with E-state index in [-0.39, 0.29) is 23.2 Å². The Morgan fingerprint density at radius 3 is 2.72 bits per heavy atom. The third kappa shape index (κ3) is 5.44. The Labute approximate surface area is 156 Å². The zero-order valence-electron chi connectivity index (χ0n) is 15.1. The number of amides is 1. The van der Waals surface area contributed by atoms with E-state index < -0.39 is 10.0 Å². The number of sulfonamides is 1. The number of halogens is 1. The van der Waals surface area contributed by atoms with Crippen LogP contribution in [0.25, 0.3) is 0 Å². The maximum atomic E-state index is 12.8. The lowest BCUT2D eigenvalue weighted by atomic mass is 10.0. The third-order valence-corrected chi connectivity index (χ3v) is 6.19. The van der Waals surface area contributed by atoms with Gasteiger partial charge in [0.15, 0.2) is 0 Å². The summed E-state index contributed by atoms with van der Waals surface area (Å²) in [7, 11) is 0.0168. The number of hydrogen-bond acceptors (Lipinski definition) is 4. The molecule has 144 valence electrons. The second-order valence-electron chi connectivity index (χ2n) is 6.50. The fourth-order valence-corrected chi connectivity index (χ4v) is 4.64. The summed E-state index contributed by atoms with van der Waals surface area (Å²) in [6.45, 7) is 4.53. The Morgan fingerprint density at radius 1 is 1.36 bits per heavy atom. The van der Waals surface area contributed by atoms with Crippen molar-refractivity contribution in [2.45, 2.75) is 31.1 Å². The highest BCUT2D eigenvalue weighted by Gasteiger charge is 2.30. The Kier molecular flexibility index (Phi) is 8.40. The summed E-state index contributed by atoms with van der Waals surface area (Å²) in [5.74, 6) is 0.120. The molecule has 0 bridgehead atoms. The van der Waals surface area contributed by atoms with Crippen LogP contribution in [0.5, 0.6) is 0 Å². The van der Waals surface area contributed by atoms with Gasteiger partial charge in [-0.1, -0.05) is 6.92 Å². The largest absolute Gasteiger partial charge is 0.351 e. The van der Waals surface area contributed by atoms with E-state index in [1.807, 2.05) is 7.05 Å². The van der Waals surface area contributed by atoms with Gasteiger partial charge < -0.3 is 15.2 Å². The van der Waals surface area contributed by atoms with Crippen molar-refractivity contribution in [2.24, 2.45) is 13.0 Å². The molecular formula is C16H29ClN4O3S. The summed E-state index contributed by atoms with van der Waals surface area (Å²) in [6.07, 6.45) is 4.29. The van der Waals surface area contributed by atoms with Crippen LogP contribution in [0, 0.1) is 5.92 Å². The van der Waals surface area contributed by atoms with Crippen molar-refractivity contribution < 1.29 is 13.2 Å². The summed E-state index contributed by atoms with van der Waals surface area (Å²) >= 11 is 0. The van der Waals surface area contributed by atoms with E-state index in [1.54, 1.807) is 11.6 Å². The first-order valence-electron chi connectivity index (χ1n) is 8.45. The monoisotopic (exact) mass is 392 g/mol. The normalized spacial score (nSPS) is 18.6. The minimum Gasteiger partial charge on any atom is -0.351 e. The predicted molar refractivity (Wildman–Crippen MR) is 101 cm³/mol. The minimum absolute atomic E-state index is 0. The van der Waals surface area contributed by atoms with Gasteiger partial charge in [0.2, 0.25) is 10.0 Å². The lowest BCUT2D eigenvalue weighted by molar-refractivity contribution is 0.0945. The summed E-state index contributed by atoms with van der Waals surface area (Å²) in [5, 5.41) is 5.83. The van der Waals surface area contributed by atoms with Crippen LogP contribution in [-0.4, -0.2) is 56.4 Å². The molecule has 1 aromatic heterocycles. The van der Waals surface area contributed by atoms with E-state index in [0.29, 0.717) is 31.2 Å². The minimum atomic E-state index is -3.54. The summed E-state index contributed by atoms with van der Waals surface area (Å²) < 4.78 is 28.7. The van der Waals surface area contributed by atoms with Crippen LogP contribution in [0.15, 0.2) is 17.2 Å². The van der Waals surface area contributed by atoms with Gasteiger partial charge in [-0.25, -0.2) is 8.42 Å². The molecule has 0 saturated carbocycles. The van der Waals surface area contributed by atoms with Gasteiger partial charge in [0.1, 0.15) is 10.6 Å². The molecule has 0 aromatic carbocycles. The topological polar surface area (TPSA) is 83.4 Å². The van der Waals surface area contributed by atoms with Crippen LogP contribution in [-0.2, 0) is 17.1 Å². The van der Waals surface area contributed by atoms with Crippen molar-refractivity contribution in [2.75, 3.05) is 33.2 Å². The van der Waals surface area contributed by atoms with Crippen molar-refractivity contribution in [1.82, 2.24) is 19.5 Å². The number of nitrogens with one attached hydrogen (secondary N) is 2. The molecule has 1 aliphatic heterocycles. The quantitative estimate of drug-likeness (QED) is 0.683. The molecule has 0 radical (unpaired) electrons. The van der Waals surface area contributed by atoms with E-state index in [0.717, 1.165) is 25.8 Å². The van der Waals surface area contributed by atoms with Gasteiger partial charge in [-0.05, 0) is 44.8 Å². The third-order valence-electron chi connectivity index (χ3n) is 4.36. The van der Waals surface area contributed by atoms with E-state index in [9.17, 15) is 13.2 Å². The molecule has 1 amide bonds. The van der Waals surface area contributed by atoms with Crippen molar-refractivity contribution in [3.63, 3.8) is 0 Å². The standard InChI is InChI=1S/C16H28N4O3S.ClH/c1-13-6-4-9-20(11-13)24(22,23)14-10-15(19(3)12-14)16(21)18-8-5-7-17-2;/h10,12-13,17H,4-9,11H2,1-3H3,(H,18,21);1H. The molecule has 1 fully saturated rings. The lowest BCUT2D eigenvalue weighted by Gasteiger charge is -2.29. The van der Waals surface area contributed by atoms with Gasteiger partial charge in [0.25, 0.3) is 5.91 Å². The molecule has 2 rings (SSSR count). The van der Waals surface area contributed by atoms with Crippen molar-refractivity contribution in [3.05, 3.63) is 18.0 Å². The molecule has 0 aliphatic carbocycles. The number of aromatic nitrogens is 1. The van der Waals surface area contributed by atoms with Gasteiger partial charge in [-0.3, -0.25) is 4.79 Å². The second kappa shape index (κ2) is 9.56. The number of nitrogens with zero attached hydrogens (tertiary/aromatic N) is 2. The van der Waals surface area contributed by atoms with Crippen molar-refractivity contribution >= 4 is 28.3 Å². The maximum Gasteiger partial charge on any atom is 0.267 e. The molecule has 7 nitrogen and oxygen atoms in total. The zero-order valence-corrected chi connectivity index (χ0v) is 16.8. The average Bonchev–Trinajstić information content (AvgIpc) is 2.94. The Morgan fingerprint density at radius 2 is 2.08 bits per heavy atom. The van der Waals surface area contributed by atoms with Gasteiger partial charge >= 0.3 is 0 Å². The van der Waals surface area contributed by atoms with Gasteiger partial charge in [-0.15, -0.1) is 12.4 Å². The SMILES string of the molecule is CNCCCNC(=O)c1cc(S(=O)(=O)N2CCCC(C)C2)cn1C.Cl. The first-order chi connectivity index (χ1) is 11.4. The van der Waals surface area contributed by atoms with Crippen molar-refractivity contribution in [3.8, 4) is 0 Å². The van der Waals surface area contributed by atoms with Crippen LogP contribution < -0.4 is 10.6 Å². The number of hydrogen-bond donors (Lipinski definition) is 2. The first kappa shape index (κ1) is 22.0. The average molecular weight is 393 g/mol. The highest BCUT2D eigenvalue weighted by Crippen LogP contribution is 2.24. The lowest BCUT2D eigenvalue weighted by Crippen LogP contribution is -2.38. The fourth-order valence-electron chi connectivity index (χ4n) is 2.97. The molecule has 9 heteroatoms. The Balaban J connectivity index is 0.00000312. The van der Waals surface area contributed by atoms with E-state index >= 15 is 0 Å². The number of carbonyl (C=O) groups is 1. The number of aryl methyl sites for hydroxylation is 1. The molecule has 1 saturated heterocycles. The van der Waals surface area contributed by atoms with Crippen LogP contribution >= 0.6 is 12.4 Å². The fraction of sp³-hybridized carbons (Fsp3) is 0.688. The molecule has 2 N–H and O–H groups in total. The molecule has 1 aromatic rings. The summed E-state index contributed by atoms with van der Waals surface area (Å²) in [5.41, 5.74) is 0.364. The molecule has 0 spiro atoms. The first-order valence-corrected chi connectivity index (χ1v) is 9.89. The van der Waals surface area contributed by atoms with Gasteiger partial charge in [-0.2, -0.15) is 4.31 Å². The number of carbonyl (C=O) groups excluding carboxylic acids is 1. The van der Waals surface area contributed by atoms with E-state index in [4.69, 9.17) is 0 Å². The Hall–Kier alpha value is -1.09. The van der Waals surface area contributed by atoms with Crippen LogP contribution in [0.3, 0.4) is 0 Å². The maximum absolute atomic E-state index is 12.8. The zero-order chi connectivity index (χ0) is 17.7. The number of rotatable bonds is 7. The van der Waals surface area contributed by atoms with Crippen LogP contribution in [0.1, 0.15) is 36.7 Å². The summed E-state index contributed by atoms with van der Waals surface area (Å²) in [6, 6.07) is 1.47. The molecule has 2 heterocycles. The highest BCUT2D eigenvalue weighted by molar-refractivity contribution is 7.89. The summed E-state index contributed by atoms with van der Waals surface area (Å²) in [4.78, 5) is 12.4. The number of piperidine rings is 1. The molecular weight excluding hydrogens is 364 g/mol. The van der Waals surface area contributed by atoms with Gasteiger partial charge in [0.05, 0.1) is 0 Å². The molecule has 1 unspecified atom stereocenters. The smallest absolute Gasteiger partial charge is 0.267 e. The van der Waals surface area contributed by atoms with E-state index in [2.05, 4.69) is 17.6 Å². The Bertz CT molecular complexity index is 675. The van der Waals surface area contributed by atoms with Gasteiger partial charge in [0, 0.05) is 32.9 Å². The van der Waals surface area contributed by atoms with Crippen molar-refractivity contribution in [1.29, 1.82) is 0 Å².